The molecule has 0 amide bonds. The number of likely N-dealkylation sites (tertiary alicyclic amines) is 1. The lowest BCUT2D eigenvalue weighted by Crippen LogP contribution is -2.42. The van der Waals surface area contributed by atoms with Crippen molar-refractivity contribution in [1.29, 1.82) is 0 Å². The van der Waals surface area contributed by atoms with Crippen LogP contribution in [0.2, 0.25) is 0 Å². The van der Waals surface area contributed by atoms with E-state index >= 15 is 0 Å². The van der Waals surface area contributed by atoms with Gasteiger partial charge in [0.15, 0.2) is 5.96 Å². The fourth-order valence-corrected chi connectivity index (χ4v) is 3.72. The van der Waals surface area contributed by atoms with E-state index in [4.69, 9.17) is 4.74 Å². The molecule has 2 aromatic carbocycles. The summed E-state index contributed by atoms with van der Waals surface area (Å²) < 4.78 is 5.31. The Kier molecular flexibility index (Phi) is 6.67. The quantitative estimate of drug-likeness (QED) is 0.640. The predicted octanol–water partition coefficient (Wildman–Crippen LogP) is 3.36. The van der Waals surface area contributed by atoms with E-state index in [-0.39, 0.29) is 0 Å². The maximum Gasteiger partial charge on any atom is 0.193 e. The summed E-state index contributed by atoms with van der Waals surface area (Å²) in [6.45, 7) is 3.69. The molecule has 0 aromatic heterocycles. The number of aliphatic imine (C=N–C) groups is 1. The number of benzene rings is 2. The van der Waals surface area contributed by atoms with Gasteiger partial charge in [-0.15, -0.1) is 0 Å². The van der Waals surface area contributed by atoms with E-state index in [2.05, 4.69) is 75.9 Å². The molecule has 2 aromatic rings. The normalized spacial score (nSPS) is 17.7. The Morgan fingerprint density at radius 3 is 2.27 bits per heavy atom. The fraction of sp³-hybridized carbons (Fsp3) is 0.409. The third-order valence-corrected chi connectivity index (χ3v) is 5.07. The number of ether oxygens (including phenoxy) is 1. The SMILES string of the molecule is CN=C(NCC(c1ccccc1)c1ccccc1)N1CCC(COC)C1. The lowest BCUT2D eigenvalue weighted by molar-refractivity contribution is 0.157. The van der Waals surface area contributed by atoms with E-state index in [1.54, 1.807) is 7.11 Å². The standard InChI is InChI=1S/C22H29N3O/c1-23-22(25-14-13-18(16-25)17-26-2)24-15-21(19-9-5-3-6-10-19)20-11-7-4-8-12-20/h3-12,18,21H,13-17H2,1-2H3,(H,23,24). The summed E-state index contributed by atoms with van der Waals surface area (Å²) in [5.74, 6) is 1.88. The van der Waals surface area contributed by atoms with Crippen molar-refractivity contribution in [3.8, 4) is 0 Å². The van der Waals surface area contributed by atoms with Crippen molar-refractivity contribution in [3.05, 3.63) is 71.8 Å². The largest absolute Gasteiger partial charge is 0.384 e. The lowest BCUT2D eigenvalue weighted by Gasteiger charge is -2.25. The molecule has 0 spiro atoms. The third kappa shape index (κ3) is 4.64. The first kappa shape index (κ1) is 18.5. The Balaban J connectivity index is 1.69. The molecule has 0 saturated carbocycles. The van der Waals surface area contributed by atoms with Crippen molar-refractivity contribution >= 4 is 5.96 Å². The van der Waals surface area contributed by atoms with Crippen molar-refractivity contribution < 1.29 is 4.74 Å². The molecule has 1 aliphatic heterocycles. The highest BCUT2D eigenvalue weighted by molar-refractivity contribution is 5.80. The van der Waals surface area contributed by atoms with Gasteiger partial charge in [0.05, 0.1) is 6.61 Å². The summed E-state index contributed by atoms with van der Waals surface area (Å²) in [5.41, 5.74) is 2.64. The van der Waals surface area contributed by atoms with Crippen LogP contribution in [0.25, 0.3) is 0 Å². The lowest BCUT2D eigenvalue weighted by atomic mass is 9.91. The molecule has 1 fully saturated rings. The average molecular weight is 351 g/mol. The second-order valence-corrected chi connectivity index (χ2v) is 6.86. The van der Waals surface area contributed by atoms with Crippen molar-refractivity contribution in [1.82, 2.24) is 10.2 Å². The van der Waals surface area contributed by atoms with E-state index in [1.165, 1.54) is 11.1 Å². The van der Waals surface area contributed by atoms with Gasteiger partial charge >= 0.3 is 0 Å². The molecule has 138 valence electrons. The minimum atomic E-state index is 0.298. The number of nitrogens with one attached hydrogen (secondary N) is 1. The van der Waals surface area contributed by atoms with E-state index in [0.29, 0.717) is 11.8 Å². The van der Waals surface area contributed by atoms with E-state index in [1.807, 2.05) is 7.05 Å². The minimum Gasteiger partial charge on any atom is -0.384 e. The summed E-state index contributed by atoms with van der Waals surface area (Å²) in [7, 11) is 3.64. The molecule has 1 saturated heterocycles. The zero-order chi connectivity index (χ0) is 18.2. The average Bonchev–Trinajstić information content (AvgIpc) is 3.15. The summed E-state index contributed by atoms with van der Waals surface area (Å²) in [6, 6.07) is 21.4. The monoisotopic (exact) mass is 351 g/mol. The number of methoxy groups -OCH3 is 1. The number of nitrogens with zero attached hydrogens (tertiary/aromatic N) is 2. The number of hydrogen-bond acceptors (Lipinski definition) is 2. The number of rotatable bonds is 6. The second kappa shape index (κ2) is 9.39. The van der Waals surface area contributed by atoms with E-state index < -0.39 is 0 Å². The van der Waals surface area contributed by atoms with Gasteiger partial charge in [-0.2, -0.15) is 0 Å². The van der Waals surface area contributed by atoms with Crippen molar-refractivity contribution in [2.24, 2.45) is 10.9 Å². The highest BCUT2D eigenvalue weighted by atomic mass is 16.5. The molecular weight excluding hydrogens is 322 g/mol. The van der Waals surface area contributed by atoms with Gasteiger partial charge in [0.2, 0.25) is 0 Å². The summed E-state index contributed by atoms with van der Waals surface area (Å²) >= 11 is 0. The predicted molar refractivity (Wildman–Crippen MR) is 108 cm³/mol. The summed E-state index contributed by atoms with van der Waals surface area (Å²) in [5, 5.41) is 3.61. The second-order valence-electron chi connectivity index (χ2n) is 6.86. The van der Waals surface area contributed by atoms with Crippen LogP contribution in [0, 0.1) is 5.92 Å². The van der Waals surface area contributed by atoms with Crippen LogP contribution in [0.1, 0.15) is 23.5 Å². The molecule has 0 aliphatic carbocycles. The van der Waals surface area contributed by atoms with Crippen molar-refractivity contribution in [3.63, 3.8) is 0 Å². The van der Waals surface area contributed by atoms with E-state index in [9.17, 15) is 0 Å². The zero-order valence-corrected chi connectivity index (χ0v) is 15.8. The van der Waals surface area contributed by atoms with Gasteiger partial charge in [-0.3, -0.25) is 4.99 Å². The van der Waals surface area contributed by atoms with Gasteiger partial charge < -0.3 is 15.0 Å². The summed E-state index contributed by atoms with van der Waals surface area (Å²) in [6.07, 6.45) is 1.16. The molecule has 0 radical (unpaired) electrons. The van der Waals surface area contributed by atoms with Crippen LogP contribution in [-0.4, -0.2) is 51.3 Å². The van der Waals surface area contributed by atoms with Crippen LogP contribution < -0.4 is 5.32 Å². The molecule has 1 heterocycles. The first-order valence-electron chi connectivity index (χ1n) is 9.36. The molecule has 1 unspecified atom stereocenters. The van der Waals surface area contributed by atoms with Crippen LogP contribution in [0.3, 0.4) is 0 Å². The molecule has 0 bridgehead atoms. The molecule has 26 heavy (non-hydrogen) atoms. The van der Waals surface area contributed by atoms with Crippen molar-refractivity contribution in [2.75, 3.05) is 40.4 Å². The van der Waals surface area contributed by atoms with Gasteiger partial charge in [0, 0.05) is 45.6 Å². The van der Waals surface area contributed by atoms with Gasteiger partial charge in [-0.25, -0.2) is 0 Å². The Hall–Kier alpha value is -2.33. The van der Waals surface area contributed by atoms with Gasteiger partial charge in [0.1, 0.15) is 0 Å². The maximum absolute atomic E-state index is 5.31. The number of hydrogen-bond donors (Lipinski definition) is 1. The molecule has 1 aliphatic rings. The molecular formula is C22H29N3O. The first-order chi connectivity index (χ1) is 12.8. The molecule has 4 heteroatoms. The Morgan fingerprint density at radius 2 is 1.73 bits per heavy atom. The zero-order valence-electron chi connectivity index (χ0n) is 15.8. The van der Waals surface area contributed by atoms with Crippen molar-refractivity contribution in [2.45, 2.75) is 12.3 Å². The van der Waals surface area contributed by atoms with E-state index in [0.717, 1.165) is 38.6 Å². The molecule has 1 N–H and O–H groups in total. The third-order valence-electron chi connectivity index (χ3n) is 5.07. The Morgan fingerprint density at radius 1 is 1.12 bits per heavy atom. The fourth-order valence-electron chi connectivity index (χ4n) is 3.72. The topological polar surface area (TPSA) is 36.9 Å². The van der Waals surface area contributed by atoms with Gasteiger partial charge in [-0.05, 0) is 17.5 Å². The highest BCUT2D eigenvalue weighted by Gasteiger charge is 2.25. The smallest absolute Gasteiger partial charge is 0.193 e. The van der Waals surface area contributed by atoms with Crippen LogP contribution in [0.4, 0.5) is 0 Å². The Labute approximate surface area is 156 Å². The first-order valence-corrected chi connectivity index (χ1v) is 9.36. The minimum absolute atomic E-state index is 0.298. The highest BCUT2D eigenvalue weighted by Crippen LogP contribution is 2.24. The maximum atomic E-state index is 5.31. The molecule has 3 rings (SSSR count). The van der Waals surface area contributed by atoms with Crippen LogP contribution in [0.5, 0.6) is 0 Å². The van der Waals surface area contributed by atoms with Gasteiger partial charge in [0.25, 0.3) is 0 Å². The Bertz CT molecular complexity index is 648. The van der Waals surface area contributed by atoms with Crippen LogP contribution in [0.15, 0.2) is 65.7 Å². The van der Waals surface area contributed by atoms with Crippen LogP contribution >= 0.6 is 0 Å². The summed E-state index contributed by atoms with van der Waals surface area (Å²) in [4.78, 5) is 6.86. The molecule has 1 atom stereocenters. The van der Waals surface area contributed by atoms with Gasteiger partial charge in [-0.1, -0.05) is 60.7 Å². The number of guanidine groups is 1. The van der Waals surface area contributed by atoms with Crippen LogP contribution in [-0.2, 0) is 4.74 Å². The molecule has 4 nitrogen and oxygen atoms in total.